The number of hydrogen-bond donors (Lipinski definition) is 2. The number of hydrogen-bond acceptors (Lipinski definition) is 4. The van der Waals surface area contributed by atoms with Crippen molar-refractivity contribution in [1.29, 1.82) is 0 Å². The number of anilines is 1. The molecule has 0 radical (unpaired) electrons. The number of benzene rings is 1. The molecule has 1 aromatic carbocycles. The van der Waals surface area contributed by atoms with E-state index >= 15 is 0 Å². The molecule has 116 valence electrons. The Morgan fingerprint density at radius 1 is 1.38 bits per heavy atom. The Morgan fingerprint density at radius 2 is 2.14 bits per heavy atom. The maximum Gasteiger partial charge on any atom is 0.235 e. The topological polar surface area (TPSA) is 75.6 Å². The lowest BCUT2D eigenvalue weighted by atomic mass is 10.1. The molecule has 21 heavy (non-hydrogen) atoms. The van der Waals surface area contributed by atoms with E-state index in [4.69, 9.17) is 9.84 Å². The summed E-state index contributed by atoms with van der Waals surface area (Å²) in [5, 5.41) is 8.75. The predicted molar refractivity (Wildman–Crippen MR) is 83.7 cm³/mol. The summed E-state index contributed by atoms with van der Waals surface area (Å²) in [7, 11) is -3.46. The van der Waals surface area contributed by atoms with E-state index in [1.165, 1.54) is 0 Å². The highest BCUT2D eigenvalue weighted by Crippen LogP contribution is 2.18. The molecule has 1 aromatic rings. The normalized spacial score (nSPS) is 10.8. The van der Waals surface area contributed by atoms with Crippen molar-refractivity contribution in [3.63, 3.8) is 0 Å². The van der Waals surface area contributed by atoms with Gasteiger partial charge >= 0.3 is 0 Å². The molecule has 0 aromatic heterocycles. The molecule has 0 saturated carbocycles. The minimum Gasteiger partial charge on any atom is -0.395 e. The molecule has 0 aliphatic heterocycles. The molecule has 0 fully saturated rings. The predicted octanol–water partition coefficient (Wildman–Crippen LogP) is 1.51. The van der Waals surface area contributed by atoms with Gasteiger partial charge in [-0.1, -0.05) is 17.9 Å². The fourth-order valence-corrected chi connectivity index (χ4v) is 2.55. The van der Waals surface area contributed by atoms with Crippen molar-refractivity contribution in [1.82, 2.24) is 0 Å². The molecule has 6 heteroatoms. The van der Waals surface area contributed by atoms with E-state index in [1.54, 1.807) is 6.07 Å². The summed E-state index contributed by atoms with van der Waals surface area (Å²) in [4.78, 5) is 0. The van der Waals surface area contributed by atoms with E-state index in [-0.39, 0.29) is 19.0 Å². The number of sulfonamides is 1. The average molecular weight is 311 g/mol. The quantitative estimate of drug-likeness (QED) is 0.591. The third kappa shape index (κ3) is 6.63. The van der Waals surface area contributed by atoms with Gasteiger partial charge in [0.05, 0.1) is 24.7 Å². The first kappa shape index (κ1) is 17.5. The van der Waals surface area contributed by atoms with Crippen molar-refractivity contribution in [2.45, 2.75) is 20.3 Å². The zero-order valence-corrected chi connectivity index (χ0v) is 13.2. The highest BCUT2D eigenvalue weighted by Gasteiger charge is 2.12. The van der Waals surface area contributed by atoms with Gasteiger partial charge in [0.1, 0.15) is 0 Å². The van der Waals surface area contributed by atoms with Gasteiger partial charge in [-0.2, -0.15) is 0 Å². The SMILES string of the molecule is CCOCCS(=O)(=O)Nc1ccc(C)cc1C#CCCO. The van der Waals surface area contributed by atoms with Gasteiger partial charge in [0.15, 0.2) is 0 Å². The van der Waals surface area contributed by atoms with Crippen molar-refractivity contribution in [3.05, 3.63) is 29.3 Å². The summed E-state index contributed by atoms with van der Waals surface area (Å²) in [5.74, 6) is 5.58. The fourth-order valence-electron chi connectivity index (χ4n) is 1.60. The lowest BCUT2D eigenvalue weighted by molar-refractivity contribution is 0.163. The molecule has 5 nitrogen and oxygen atoms in total. The molecule has 0 amide bonds. The van der Waals surface area contributed by atoms with Crippen molar-refractivity contribution < 1.29 is 18.3 Å². The smallest absolute Gasteiger partial charge is 0.235 e. The van der Waals surface area contributed by atoms with Crippen LogP contribution in [-0.2, 0) is 14.8 Å². The van der Waals surface area contributed by atoms with Gasteiger partial charge in [-0.25, -0.2) is 8.42 Å². The third-order valence-electron chi connectivity index (χ3n) is 2.60. The second kappa shape index (κ2) is 8.67. The molecule has 0 bridgehead atoms. The standard InChI is InChI=1S/C15H21NO4S/c1-3-20-10-11-21(18,19)16-15-8-7-13(2)12-14(15)6-4-5-9-17/h7-8,12,16-17H,3,5,9-11H2,1-2H3. The Hall–Kier alpha value is -1.55. The fraction of sp³-hybridized carbons (Fsp3) is 0.467. The number of aliphatic hydroxyl groups excluding tert-OH is 1. The van der Waals surface area contributed by atoms with Crippen LogP contribution in [0.25, 0.3) is 0 Å². The number of nitrogens with one attached hydrogen (secondary N) is 1. The molecule has 2 N–H and O–H groups in total. The average Bonchev–Trinajstić information content (AvgIpc) is 2.42. The van der Waals surface area contributed by atoms with Crippen molar-refractivity contribution in [2.24, 2.45) is 0 Å². The summed E-state index contributed by atoms with van der Waals surface area (Å²) < 4.78 is 31.5. The van der Waals surface area contributed by atoms with Crippen LogP contribution < -0.4 is 4.72 Å². The molecular formula is C15H21NO4S. The largest absolute Gasteiger partial charge is 0.395 e. The van der Waals surface area contributed by atoms with Crippen molar-refractivity contribution in [3.8, 4) is 11.8 Å². The third-order valence-corrected chi connectivity index (χ3v) is 3.84. The number of aryl methyl sites for hydroxylation is 1. The van der Waals surface area contributed by atoms with Crippen LogP contribution in [0, 0.1) is 18.8 Å². The summed E-state index contributed by atoms with van der Waals surface area (Å²) in [6, 6.07) is 5.32. The van der Waals surface area contributed by atoms with E-state index in [0.29, 0.717) is 24.3 Å². The van der Waals surface area contributed by atoms with E-state index in [9.17, 15) is 8.42 Å². The molecule has 0 spiro atoms. The molecule has 0 atom stereocenters. The van der Waals surface area contributed by atoms with E-state index in [0.717, 1.165) is 5.56 Å². The first-order valence-electron chi connectivity index (χ1n) is 6.77. The van der Waals surface area contributed by atoms with Crippen LogP contribution >= 0.6 is 0 Å². The van der Waals surface area contributed by atoms with Gasteiger partial charge in [-0.15, -0.1) is 0 Å². The zero-order valence-electron chi connectivity index (χ0n) is 12.3. The van der Waals surface area contributed by atoms with Crippen LogP contribution in [0.15, 0.2) is 18.2 Å². The van der Waals surface area contributed by atoms with Gasteiger partial charge in [-0.3, -0.25) is 4.72 Å². The summed E-state index contributed by atoms with van der Waals surface area (Å²) in [6.45, 7) is 4.34. The maximum absolute atomic E-state index is 12.0. The Balaban J connectivity index is 2.90. The molecular weight excluding hydrogens is 290 g/mol. The first-order valence-corrected chi connectivity index (χ1v) is 8.42. The van der Waals surface area contributed by atoms with Crippen LogP contribution in [0.5, 0.6) is 0 Å². The Kier molecular flexibility index (Phi) is 7.23. The highest BCUT2D eigenvalue weighted by atomic mass is 32.2. The number of rotatable bonds is 7. The second-order valence-corrected chi connectivity index (χ2v) is 6.28. The van der Waals surface area contributed by atoms with Gasteiger partial charge in [0, 0.05) is 18.6 Å². The minimum absolute atomic E-state index is 0.0196. The second-order valence-electron chi connectivity index (χ2n) is 4.44. The van der Waals surface area contributed by atoms with Gasteiger partial charge in [0.25, 0.3) is 0 Å². The van der Waals surface area contributed by atoms with Crippen LogP contribution in [-0.4, -0.2) is 39.1 Å². The Labute approximate surface area is 126 Å². The van der Waals surface area contributed by atoms with Gasteiger partial charge < -0.3 is 9.84 Å². The summed E-state index contributed by atoms with van der Waals surface area (Å²) in [6.07, 6.45) is 0.352. The Morgan fingerprint density at radius 3 is 2.81 bits per heavy atom. The van der Waals surface area contributed by atoms with E-state index in [1.807, 2.05) is 26.0 Å². The van der Waals surface area contributed by atoms with E-state index < -0.39 is 10.0 Å². The molecule has 1 rings (SSSR count). The highest BCUT2D eigenvalue weighted by molar-refractivity contribution is 7.92. The molecule has 0 heterocycles. The molecule has 0 aliphatic rings. The van der Waals surface area contributed by atoms with Gasteiger partial charge in [-0.05, 0) is 31.5 Å². The summed E-state index contributed by atoms with van der Waals surface area (Å²) in [5.41, 5.74) is 2.03. The van der Waals surface area contributed by atoms with Gasteiger partial charge in [0.2, 0.25) is 10.0 Å². The van der Waals surface area contributed by atoms with Crippen molar-refractivity contribution >= 4 is 15.7 Å². The maximum atomic E-state index is 12.0. The lowest BCUT2D eigenvalue weighted by Gasteiger charge is -2.10. The first-order chi connectivity index (χ1) is 9.98. The van der Waals surface area contributed by atoms with Crippen LogP contribution in [0.3, 0.4) is 0 Å². The van der Waals surface area contributed by atoms with Crippen LogP contribution in [0.4, 0.5) is 5.69 Å². The zero-order chi connectivity index (χ0) is 15.7. The Bertz CT molecular complexity index is 614. The van der Waals surface area contributed by atoms with Crippen molar-refractivity contribution in [2.75, 3.05) is 30.3 Å². The number of ether oxygens (including phenoxy) is 1. The number of aliphatic hydroxyl groups is 1. The molecule has 0 unspecified atom stereocenters. The molecule has 0 saturated heterocycles. The minimum atomic E-state index is -3.46. The molecule has 0 aliphatic carbocycles. The van der Waals surface area contributed by atoms with E-state index in [2.05, 4.69) is 16.6 Å². The van der Waals surface area contributed by atoms with Crippen LogP contribution in [0.1, 0.15) is 24.5 Å². The monoisotopic (exact) mass is 311 g/mol. The lowest BCUT2D eigenvalue weighted by Crippen LogP contribution is -2.20. The summed E-state index contributed by atoms with van der Waals surface area (Å²) >= 11 is 0. The van der Waals surface area contributed by atoms with Crippen LogP contribution in [0.2, 0.25) is 0 Å².